The van der Waals surface area contributed by atoms with Crippen LogP contribution in [0.1, 0.15) is 6.92 Å². The first kappa shape index (κ1) is 12.0. The number of carbonyl (C=O) groups is 1. The van der Waals surface area contributed by atoms with E-state index in [1.807, 2.05) is 25.1 Å². The number of anilines is 2. The van der Waals surface area contributed by atoms with Crippen molar-refractivity contribution in [2.45, 2.75) is 6.92 Å². The lowest BCUT2D eigenvalue weighted by Gasteiger charge is -2.05. The largest absolute Gasteiger partial charge is 0.477 e. The van der Waals surface area contributed by atoms with Gasteiger partial charge in [0, 0.05) is 11.8 Å². The number of para-hydroxylation sites is 1. The highest BCUT2D eigenvalue weighted by molar-refractivity contribution is 5.92. The molecule has 0 aliphatic heterocycles. The number of nitrogens with one attached hydrogen (secondary N) is 1. The van der Waals surface area contributed by atoms with Crippen molar-refractivity contribution < 1.29 is 9.53 Å². The maximum atomic E-state index is 11.9. The lowest BCUT2D eigenvalue weighted by molar-refractivity contribution is 0.250. The maximum absolute atomic E-state index is 11.9. The lowest BCUT2D eigenvalue weighted by atomic mass is 10.3. The summed E-state index contributed by atoms with van der Waals surface area (Å²) >= 11 is 0. The number of nitrogens with zero attached hydrogens (tertiary/aromatic N) is 2. The predicted octanol–water partition coefficient (Wildman–Crippen LogP) is 1.94. The van der Waals surface area contributed by atoms with E-state index < -0.39 is 6.03 Å². The summed E-state index contributed by atoms with van der Waals surface area (Å²) in [5, 5.41) is 6.63. The highest BCUT2D eigenvalue weighted by atomic mass is 16.5. The zero-order valence-electron chi connectivity index (χ0n) is 9.96. The molecule has 0 saturated heterocycles. The molecule has 2 aromatic rings. The molecule has 0 aliphatic rings. The van der Waals surface area contributed by atoms with Crippen LogP contribution in [-0.4, -0.2) is 22.4 Å². The minimum absolute atomic E-state index is 0.229. The van der Waals surface area contributed by atoms with Crippen LogP contribution in [0.25, 0.3) is 0 Å². The maximum Gasteiger partial charge on any atom is 0.348 e. The van der Waals surface area contributed by atoms with Crippen molar-refractivity contribution in [3.05, 3.63) is 36.4 Å². The number of hydrogen-bond acceptors (Lipinski definition) is 4. The molecule has 1 amide bonds. The van der Waals surface area contributed by atoms with Crippen LogP contribution in [0.5, 0.6) is 5.88 Å². The van der Waals surface area contributed by atoms with Crippen molar-refractivity contribution in [1.82, 2.24) is 9.78 Å². The number of rotatable bonds is 3. The Labute approximate surface area is 104 Å². The Hall–Kier alpha value is -2.50. The van der Waals surface area contributed by atoms with E-state index in [9.17, 15) is 4.79 Å². The number of aromatic nitrogens is 2. The van der Waals surface area contributed by atoms with Crippen LogP contribution in [0, 0.1) is 0 Å². The Balaban J connectivity index is 2.14. The van der Waals surface area contributed by atoms with Crippen LogP contribution in [0.3, 0.4) is 0 Å². The lowest BCUT2D eigenvalue weighted by Crippen LogP contribution is -2.22. The summed E-state index contributed by atoms with van der Waals surface area (Å²) in [5.74, 6) is 0.560. The molecule has 3 N–H and O–H groups in total. The highest BCUT2D eigenvalue weighted by Crippen LogP contribution is 2.14. The average molecular weight is 246 g/mol. The molecule has 0 fully saturated rings. The molecular formula is C12H14N4O2. The van der Waals surface area contributed by atoms with Crippen LogP contribution in [0.2, 0.25) is 0 Å². The van der Waals surface area contributed by atoms with E-state index in [1.54, 1.807) is 12.1 Å². The molecule has 94 valence electrons. The van der Waals surface area contributed by atoms with Crippen LogP contribution in [0.15, 0.2) is 36.4 Å². The molecule has 0 aliphatic carbocycles. The van der Waals surface area contributed by atoms with Gasteiger partial charge in [0.05, 0.1) is 6.61 Å². The van der Waals surface area contributed by atoms with Gasteiger partial charge in [-0.3, -0.25) is 0 Å². The SMILES string of the molecule is CCOc1cc(N)n(C(=O)Nc2ccccc2)n1. The summed E-state index contributed by atoms with van der Waals surface area (Å²) in [6.07, 6.45) is 0. The zero-order valence-corrected chi connectivity index (χ0v) is 9.96. The molecule has 6 nitrogen and oxygen atoms in total. The fraction of sp³-hybridized carbons (Fsp3) is 0.167. The third-order valence-corrected chi connectivity index (χ3v) is 2.22. The van der Waals surface area contributed by atoms with Crippen molar-refractivity contribution in [3.63, 3.8) is 0 Å². The van der Waals surface area contributed by atoms with Gasteiger partial charge in [0.25, 0.3) is 0 Å². The number of hydrogen-bond donors (Lipinski definition) is 2. The van der Waals surface area contributed by atoms with Crippen LogP contribution in [-0.2, 0) is 0 Å². The van der Waals surface area contributed by atoms with Gasteiger partial charge in [-0.15, -0.1) is 5.10 Å². The van der Waals surface area contributed by atoms with Gasteiger partial charge < -0.3 is 15.8 Å². The number of benzene rings is 1. The molecule has 18 heavy (non-hydrogen) atoms. The van der Waals surface area contributed by atoms with E-state index in [1.165, 1.54) is 6.07 Å². The third-order valence-electron chi connectivity index (χ3n) is 2.22. The molecular weight excluding hydrogens is 232 g/mol. The van der Waals surface area contributed by atoms with Gasteiger partial charge in [0.2, 0.25) is 5.88 Å². The summed E-state index contributed by atoms with van der Waals surface area (Å²) in [7, 11) is 0. The summed E-state index contributed by atoms with van der Waals surface area (Å²) in [6.45, 7) is 2.30. The monoisotopic (exact) mass is 246 g/mol. The van der Waals surface area contributed by atoms with Crippen LogP contribution >= 0.6 is 0 Å². The summed E-state index contributed by atoms with van der Waals surface area (Å²) < 4.78 is 6.24. The minimum Gasteiger partial charge on any atom is -0.477 e. The molecule has 1 aromatic heterocycles. The van der Waals surface area contributed by atoms with E-state index in [2.05, 4.69) is 10.4 Å². The first-order valence-corrected chi connectivity index (χ1v) is 5.55. The van der Waals surface area contributed by atoms with Crippen molar-refractivity contribution in [1.29, 1.82) is 0 Å². The van der Waals surface area contributed by atoms with E-state index in [-0.39, 0.29) is 5.82 Å². The molecule has 6 heteroatoms. The minimum atomic E-state index is -0.426. The fourth-order valence-corrected chi connectivity index (χ4v) is 1.45. The van der Waals surface area contributed by atoms with Crippen molar-refractivity contribution in [3.8, 4) is 5.88 Å². The Morgan fingerprint density at radius 1 is 1.44 bits per heavy atom. The second kappa shape index (κ2) is 5.22. The first-order valence-electron chi connectivity index (χ1n) is 5.55. The Bertz CT molecular complexity index is 536. The standard InChI is InChI=1S/C12H14N4O2/c1-2-18-11-8-10(13)16(15-11)12(17)14-9-6-4-3-5-7-9/h3-8H,2,13H2,1H3,(H,14,17). The molecule has 0 spiro atoms. The molecule has 0 atom stereocenters. The smallest absolute Gasteiger partial charge is 0.348 e. The molecule has 1 aromatic carbocycles. The molecule has 1 heterocycles. The number of amides is 1. The fourth-order valence-electron chi connectivity index (χ4n) is 1.45. The third kappa shape index (κ3) is 2.60. The van der Waals surface area contributed by atoms with Gasteiger partial charge in [0.15, 0.2) is 0 Å². The Kier molecular flexibility index (Phi) is 3.47. The topological polar surface area (TPSA) is 82.2 Å². The van der Waals surface area contributed by atoms with Crippen molar-refractivity contribution in [2.75, 3.05) is 17.7 Å². The van der Waals surface area contributed by atoms with E-state index in [0.717, 1.165) is 4.68 Å². The summed E-state index contributed by atoms with van der Waals surface area (Å²) in [4.78, 5) is 11.9. The number of nitrogens with two attached hydrogens (primary N) is 1. The quantitative estimate of drug-likeness (QED) is 0.867. The van der Waals surface area contributed by atoms with E-state index in [0.29, 0.717) is 18.2 Å². The molecule has 0 radical (unpaired) electrons. The molecule has 0 unspecified atom stereocenters. The molecule has 0 bridgehead atoms. The second-order valence-corrected chi connectivity index (χ2v) is 3.55. The van der Waals surface area contributed by atoms with E-state index >= 15 is 0 Å². The van der Waals surface area contributed by atoms with E-state index in [4.69, 9.17) is 10.5 Å². The van der Waals surface area contributed by atoms with Gasteiger partial charge in [-0.1, -0.05) is 18.2 Å². The zero-order chi connectivity index (χ0) is 13.0. The highest BCUT2D eigenvalue weighted by Gasteiger charge is 2.12. The van der Waals surface area contributed by atoms with Crippen LogP contribution in [0.4, 0.5) is 16.3 Å². The summed E-state index contributed by atoms with van der Waals surface area (Å²) in [5.41, 5.74) is 6.36. The normalized spacial score (nSPS) is 10.1. The number of ether oxygens (including phenoxy) is 1. The Morgan fingerprint density at radius 3 is 2.83 bits per heavy atom. The van der Waals surface area contributed by atoms with Crippen LogP contribution < -0.4 is 15.8 Å². The van der Waals surface area contributed by atoms with Gasteiger partial charge in [-0.25, -0.2) is 4.79 Å². The second-order valence-electron chi connectivity index (χ2n) is 3.55. The summed E-state index contributed by atoms with van der Waals surface area (Å²) in [6, 6.07) is 10.2. The van der Waals surface area contributed by atoms with Crippen molar-refractivity contribution in [2.24, 2.45) is 0 Å². The molecule has 2 rings (SSSR count). The number of carbonyl (C=O) groups excluding carboxylic acids is 1. The predicted molar refractivity (Wildman–Crippen MR) is 68.7 cm³/mol. The van der Waals surface area contributed by atoms with Gasteiger partial charge in [-0.2, -0.15) is 4.68 Å². The van der Waals surface area contributed by atoms with Gasteiger partial charge in [-0.05, 0) is 19.1 Å². The average Bonchev–Trinajstić information content (AvgIpc) is 2.72. The van der Waals surface area contributed by atoms with Gasteiger partial charge >= 0.3 is 6.03 Å². The Morgan fingerprint density at radius 2 is 2.17 bits per heavy atom. The van der Waals surface area contributed by atoms with Crippen molar-refractivity contribution >= 4 is 17.5 Å². The molecule has 0 saturated carbocycles. The first-order chi connectivity index (χ1) is 8.70. The number of nitrogen functional groups attached to an aromatic ring is 1. The van der Waals surface area contributed by atoms with Gasteiger partial charge in [0.1, 0.15) is 5.82 Å².